The Morgan fingerprint density at radius 2 is 1.69 bits per heavy atom. The molecule has 11 heteroatoms. The molecule has 3 aromatic rings. The summed E-state index contributed by atoms with van der Waals surface area (Å²) in [6.45, 7) is 3.17. The largest absolute Gasteiger partial charge is 0.495 e. The van der Waals surface area contributed by atoms with Crippen molar-refractivity contribution < 1.29 is 27.1 Å². The molecule has 0 aliphatic carbocycles. The lowest BCUT2D eigenvalue weighted by molar-refractivity contribution is -0.140. The number of nitrogens with zero attached hydrogens (tertiary/aromatic N) is 2. The van der Waals surface area contributed by atoms with Crippen molar-refractivity contribution in [3.63, 3.8) is 0 Å². The molecule has 3 aromatic carbocycles. The molecule has 0 aromatic heterocycles. The monoisotopic (exact) mass is 575 g/mol. The van der Waals surface area contributed by atoms with Gasteiger partial charge in [0.1, 0.15) is 24.2 Å². The molecule has 2 amide bonds. The van der Waals surface area contributed by atoms with Gasteiger partial charge < -0.3 is 15.0 Å². The third-order valence-electron chi connectivity index (χ3n) is 6.02. The lowest BCUT2D eigenvalue weighted by Crippen LogP contribution is -2.52. The maximum Gasteiger partial charge on any atom is 0.264 e. The number of amides is 2. The molecular weight excluding hydrogens is 545 g/mol. The van der Waals surface area contributed by atoms with Gasteiger partial charge in [-0.2, -0.15) is 0 Å². The van der Waals surface area contributed by atoms with Crippen molar-refractivity contribution >= 4 is 39.1 Å². The Labute approximate surface area is 233 Å². The van der Waals surface area contributed by atoms with Crippen molar-refractivity contribution in [2.24, 2.45) is 0 Å². The number of rotatable bonds is 12. The topological polar surface area (TPSA) is 96.0 Å². The summed E-state index contributed by atoms with van der Waals surface area (Å²) in [7, 11) is -2.90. The first-order chi connectivity index (χ1) is 18.6. The predicted octanol–water partition coefficient (Wildman–Crippen LogP) is 4.63. The fourth-order valence-electron chi connectivity index (χ4n) is 4.09. The van der Waals surface area contributed by atoms with Crippen molar-refractivity contribution in [2.45, 2.75) is 37.8 Å². The third-order valence-corrected chi connectivity index (χ3v) is 8.03. The zero-order valence-corrected chi connectivity index (χ0v) is 23.5. The number of hydrogen-bond acceptors (Lipinski definition) is 5. The van der Waals surface area contributed by atoms with Gasteiger partial charge in [0.05, 0.1) is 17.7 Å². The zero-order valence-electron chi connectivity index (χ0n) is 21.9. The molecule has 0 saturated heterocycles. The second-order valence-electron chi connectivity index (χ2n) is 8.61. The van der Waals surface area contributed by atoms with Crippen LogP contribution in [0.1, 0.15) is 25.8 Å². The molecule has 0 heterocycles. The smallest absolute Gasteiger partial charge is 0.264 e. The molecule has 1 atom stereocenters. The second-order valence-corrected chi connectivity index (χ2v) is 10.9. The van der Waals surface area contributed by atoms with Gasteiger partial charge in [0, 0.05) is 18.1 Å². The number of anilines is 1. The minimum Gasteiger partial charge on any atom is -0.495 e. The predicted molar refractivity (Wildman–Crippen MR) is 149 cm³/mol. The molecule has 0 saturated carbocycles. The van der Waals surface area contributed by atoms with E-state index in [0.29, 0.717) is 12.1 Å². The van der Waals surface area contributed by atoms with Crippen LogP contribution < -0.4 is 14.4 Å². The first kappa shape index (κ1) is 29.9. The van der Waals surface area contributed by atoms with Gasteiger partial charge in [-0.05, 0) is 61.4 Å². The molecule has 0 aliphatic heterocycles. The average molecular weight is 576 g/mol. The molecule has 8 nitrogen and oxygen atoms in total. The van der Waals surface area contributed by atoms with Gasteiger partial charge in [0.2, 0.25) is 11.8 Å². The van der Waals surface area contributed by atoms with Crippen LogP contribution >= 0.6 is 11.6 Å². The summed E-state index contributed by atoms with van der Waals surface area (Å²) in [6, 6.07) is 16.8. The number of nitrogens with one attached hydrogen (secondary N) is 1. The number of halogens is 2. The molecule has 208 valence electrons. The Balaban J connectivity index is 2.11. The van der Waals surface area contributed by atoms with E-state index in [0.717, 1.165) is 4.31 Å². The number of benzene rings is 3. The van der Waals surface area contributed by atoms with Crippen LogP contribution in [-0.4, -0.2) is 51.4 Å². The maximum absolute atomic E-state index is 14.0. The highest BCUT2D eigenvalue weighted by molar-refractivity contribution is 7.92. The van der Waals surface area contributed by atoms with Crippen molar-refractivity contribution in [1.29, 1.82) is 0 Å². The van der Waals surface area contributed by atoms with Gasteiger partial charge >= 0.3 is 0 Å². The summed E-state index contributed by atoms with van der Waals surface area (Å²) in [5.74, 6) is -1.28. The van der Waals surface area contributed by atoms with Crippen LogP contribution in [0.3, 0.4) is 0 Å². The first-order valence-electron chi connectivity index (χ1n) is 12.3. The van der Waals surface area contributed by atoms with E-state index in [1.54, 1.807) is 38.1 Å². The summed E-state index contributed by atoms with van der Waals surface area (Å²) in [6.07, 6.45) is 0.269. The zero-order chi connectivity index (χ0) is 28.6. The lowest BCUT2D eigenvalue weighted by atomic mass is 10.1. The van der Waals surface area contributed by atoms with Crippen LogP contribution in [0.5, 0.6) is 5.75 Å². The van der Waals surface area contributed by atoms with Crippen LogP contribution in [0.4, 0.5) is 10.1 Å². The molecule has 1 unspecified atom stereocenters. The van der Waals surface area contributed by atoms with E-state index in [-0.39, 0.29) is 40.2 Å². The molecule has 0 aliphatic rings. The van der Waals surface area contributed by atoms with Crippen LogP contribution in [0.2, 0.25) is 5.02 Å². The van der Waals surface area contributed by atoms with E-state index in [9.17, 15) is 22.4 Å². The fourth-order valence-corrected chi connectivity index (χ4v) is 5.69. The molecule has 0 fully saturated rings. The van der Waals surface area contributed by atoms with E-state index in [1.807, 2.05) is 0 Å². The Morgan fingerprint density at radius 1 is 1.03 bits per heavy atom. The Bertz CT molecular complexity index is 1390. The third kappa shape index (κ3) is 7.27. The quantitative estimate of drug-likeness (QED) is 0.340. The van der Waals surface area contributed by atoms with Gasteiger partial charge in [0.25, 0.3) is 10.0 Å². The fraction of sp³-hybridized carbons (Fsp3) is 0.286. The van der Waals surface area contributed by atoms with Crippen LogP contribution in [-0.2, 0) is 26.2 Å². The van der Waals surface area contributed by atoms with Gasteiger partial charge in [-0.25, -0.2) is 12.8 Å². The first-order valence-corrected chi connectivity index (χ1v) is 14.2. The number of carbonyl (C=O) groups excluding carboxylic acids is 2. The van der Waals surface area contributed by atoms with Crippen molar-refractivity contribution in [1.82, 2.24) is 10.2 Å². The molecular formula is C28H31ClFN3O5S. The minimum absolute atomic E-state index is 0.0410. The van der Waals surface area contributed by atoms with Crippen molar-refractivity contribution in [3.8, 4) is 5.75 Å². The average Bonchev–Trinajstić information content (AvgIpc) is 2.93. The Kier molecular flexibility index (Phi) is 10.3. The number of carbonyl (C=O) groups is 2. The van der Waals surface area contributed by atoms with Gasteiger partial charge in [0.15, 0.2) is 0 Å². The number of ether oxygens (including phenoxy) is 1. The molecule has 1 N–H and O–H groups in total. The van der Waals surface area contributed by atoms with E-state index >= 15 is 0 Å². The number of likely N-dealkylation sites (N-methyl/N-ethyl adjacent to an activating group) is 1. The van der Waals surface area contributed by atoms with Crippen LogP contribution in [0, 0.1) is 5.82 Å². The standard InChI is InChI=1S/C28H31ClFN3O5S/c1-4-24(28(35)31-5-2)32(18-20-11-14-22(30)15-12-20)27(34)19-33(25-17-21(29)13-16-26(25)38-3)39(36,37)23-9-7-6-8-10-23/h6-17,24H,4-5,18-19H2,1-3H3,(H,31,35). The maximum atomic E-state index is 14.0. The minimum atomic E-state index is -4.28. The van der Waals surface area contributed by atoms with Gasteiger partial charge in [-0.1, -0.05) is 48.9 Å². The number of sulfonamides is 1. The lowest BCUT2D eigenvalue weighted by Gasteiger charge is -2.33. The van der Waals surface area contributed by atoms with E-state index < -0.39 is 34.3 Å². The van der Waals surface area contributed by atoms with E-state index in [2.05, 4.69) is 5.32 Å². The Morgan fingerprint density at radius 3 is 2.28 bits per heavy atom. The summed E-state index contributed by atoms with van der Waals surface area (Å²) >= 11 is 6.23. The summed E-state index contributed by atoms with van der Waals surface area (Å²) in [5.41, 5.74) is 0.639. The van der Waals surface area contributed by atoms with Crippen molar-refractivity contribution in [3.05, 3.63) is 89.2 Å². The molecule has 0 radical (unpaired) electrons. The normalized spacial score (nSPS) is 11.9. The summed E-state index contributed by atoms with van der Waals surface area (Å²) in [5, 5.41) is 2.97. The summed E-state index contributed by atoms with van der Waals surface area (Å²) in [4.78, 5) is 28.2. The number of hydrogen-bond donors (Lipinski definition) is 1. The van der Waals surface area contributed by atoms with E-state index in [1.165, 1.54) is 60.5 Å². The van der Waals surface area contributed by atoms with Gasteiger partial charge in [-0.3, -0.25) is 13.9 Å². The molecule has 3 rings (SSSR count). The van der Waals surface area contributed by atoms with E-state index in [4.69, 9.17) is 16.3 Å². The summed E-state index contributed by atoms with van der Waals surface area (Å²) < 4.78 is 47.6. The molecule has 39 heavy (non-hydrogen) atoms. The SMILES string of the molecule is CCNC(=O)C(CC)N(Cc1ccc(F)cc1)C(=O)CN(c1cc(Cl)ccc1OC)S(=O)(=O)c1ccccc1. The highest BCUT2D eigenvalue weighted by Gasteiger charge is 2.34. The number of methoxy groups -OCH3 is 1. The van der Waals surface area contributed by atoms with Crippen LogP contribution in [0.15, 0.2) is 77.7 Å². The molecule has 0 bridgehead atoms. The highest BCUT2D eigenvalue weighted by atomic mass is 35.5. The Hall–Kier alpha value is -3.63. The highest BCUT2D eigenvalue weighted by Crippen LogP contribution is 2.35. The molecule has 0 spiro atoms. The van der Waals surface area contributed by atoms with Crippen molar-refractivity contribution in [2.75, 3.05) is 24.5 Å². The second kappa shape index (κ2) is 13.4. The van der Waals surface area contributed by atoms with Crippen LogP contribution in [0.25, 0.3) is 0 Å². The van der Waals surface area contributed by atoms with Gasteiger partial charge in [-0.15, -0.1) is 0 Å².